The smallest absolute Gasteiger partial charge is 0.465 e. The van der Waals surface area contributed by atoms with Crippen molar-refractivity contribution in [2.45, 2.75) is 57.2 Å². The van der Waals surface area contributed by atoms with E-state index in [9.17, 15) is 5.02 Å². The first-order valence-electron chi connectivity index (χ1n) is 11.1. The van der Waals surface area contributed by atoms with Gasteiger partial charge in [-0.1, -0.05) is 18.2 Å². The summed E-state index contributed by atoms with van der Waals surface area (Å²) in [6.45, 7) is 1.94. The number of ether oxygens (including phenoxy) is 2. The molecule has 6 rings (SSSR count). The highest BCUT2D eigenvalue weighted by atomic mass is 17.2. The molecule has 4 fully saturated rings. The Labute approximate surface area is 178 Å². The van der Waals surface area contributed by atoms with Gasteiger partial charge in [0.2, 0.25) is 0 Å². The highest BCUT2D eigenvalue weighted by Gasteiger charge is 2.52. The summed E-state index contributed by atoms with van der Waals surface area (Å²) in [5, 5.41) is 12.4. The topological polar surface area (TPSA) is 57.2 Å². The molecule has 4 saturated carbocycles. The maximum absolute atomic E-state index is 10.2. The van der Waals surface area contributed by atoms with E-state index in [1.165, 1.54) is 51.2 Å². The summed E-state index contributed by atoms with van der Waals surface area (Å²) in [4.78, 5) is 9.56. The minimum absolute atomic E-state index is 0.198. The van der Waals surface area contributed by atoms with Gasteiger partial charge in [0.25, 0.3) is 0 Å². The number of benzene rings is 2. The third-order valence-electron chi connectivity index (χ3n) is 7.67. The molecule has 160 valence electrons. The van der Waals surface area contributed by atoms with Crippen LogP contribution in [0, 0.1) is 17.8 Å². The van der Waals surface area contributed by atoms with Gasteiger partial charge >= 0.3 is 7.12 Å². The van der Waals surface area contributed by atoms with Crippen LogP contribution in [-0.2, 0) is 19.8 Å². The van der Waals surface area contributed by atoms with Gasteiger partial charge < -0.3 is 14.5 Å². The molecule has 2 aromatic rings. The first-order valence-corrected chi connectivity index (χ1v) is 11.1. The Bertz CT molecular complexity index is 894. The molecule has 0 aliphatic heterocycles. The summed E-state index contributed by atoms with van der Waals surface area (Å²) < 4.78 is 11.7. The van der Waals surface area contributed by atoms with Gasteiger partial charge in [-0.15, -0.1) is 0 Å². The van der Waals surface area contributed by atoms with Crippen LogP contribution in [0.15, 0.2) is 30.3 Å². The SMILES string of the molecule is COOB(O)c1ccc2cc(OC(C)OC)c(C34CC5CC(CC(C5)C3)C4)cc2c1. The van der Waals surface area contributed by atoms with E-state index < -0.39 is 7.12 Å². The molecule has 0 spiro atoms. The van der Waals surface area contributed by atoms with Gasteiger partial charge in [-0.05, 0) is 97.0 Å². The fourth-order valence-corrected chi connectivity index (χ4v) is 6.77. The van der Waals surface area contributed by atoms with Gasteiger partial charge in [-0.3, -0.25) is 9.69 Å². The Kier molecular flexibility index (Phi) is 5.30. The molecule has 4 aliphatic rings. The normalized spacial score (nSPS) is 30.6. The minimum Gasteiger partial charge on any atom is -0.465 e. The van der Waals surface area contributed by atoms with Crippen LogP contribution >= 0.6 is 0 Å². The average molecular weight is 410 g/mol. The lowest BCUT2D eigenvalue weighted by atomic mass is 9.48. The second-order valence-electron chi connectivity index (χ2n) is 9.69. The van der Waals surface area contributed by atoms with E-state index in [2.05, 4.69) is 17.0 Å². The molecule has 0 heterocycles. The lowest BCUT2D eigenvalue weighted by Crippen LogP contribution is -2.48. The van der Waals surface area contributed by atoms with E-state index >= 15 is 0 Å². The zero-order valence-corrected chi connectivity index (χ0v) is 18.1. The first kappa shape index (κ1) is 20.3. The summed E-state index contributed by atoms with van der Waals surface area (Å²) in [6.07, 6.45) is 7.70. The Hall–Kier alpha value is -1.60. The fourth-order valence-electron chi connectivity index (χ4n) is 6.77. The Morgan fingerprint density at radius 3 is 2.23 bits per heavy atom. The van der Waals surface area contributed by atoms with Crippen molar-refractivity contribution in [2.75, 3.05) is 14.2 Å². The van der Waals surface area contributed by atoms with Crippen molar-refractivity contribution in [3.05, 3.63) is 35.9 Å². The summed E-state index contributed by atoms with van der Waals surface area (Å²) in [6, 6.07) is 10.3. The molecule has 4 aliphatic carbocycles. The second kappa shape index (κ2) is 7.83. The molecule has 2 aromatic carbocycles. The molecule has 0 saturated heterocycles. The van der Waals surface area contributed by atoms with Crippen molar-refractivity contribution in [2.24, 2.45) is 17.8 Å². The largest absolute Gasteiger partial charge is 0.523 e. The quantitative estimate of drug-likeness (QED) is 0.324. The van der Waals surface area contributed by atoms with Gasteiger partial charge in [0.05, 0.1) is 7.11 Å². The standard InChI is InChI=1S/C24H31BO5/c1-15(27-2)29-23-11-19-4-5-21(25(26)30-28-3)9-20(19)10-22(23)24-12-16-6-17(13-24)8-18(7-16)14-24/h4-5,9-11,15-18,26H,6-8,12-14H2,1-3H3. The van der Waals surface area contributed by atoms with Gasteiger partial charge in [-0.2, -0.15) is 0 Å². The molecule has 30 heavy (non-hydrogen) atoms. The van der Waals surface area contributed by atoms with E-state index in [0.717, 1.165) is 34.3 Å². The van der Waals surface area contributed by atoms with E-state index in [-0.39, 0.29) is 11.7 Å². The van der Waals surface area contributed by atoms with Gasteiger partial charge in [0, 0.05) is 12.7 Å². The highest BCUT2D eigenvalue weighted by molar-refractivity contribution is 6.60. The van der Waals surface area contributed by atoms with Gasteiger partial charge in [0.1, 0.15) is 5.75 Å². The Balaban J connectivity index is 1.61. The molecule has 1 N–H and O–H groups in total. The van der Waals surface area contributed by atoms with Crippen LogP contribution in [0.25, 0.3) is 10.8 Å². The molecule has 1 atom stereocenters. The van der Waals surface area contributed by atoms with Crippen LogP contribution in [0.5, 0.6) is 5.75 Å². The predicted octanol–water partition coefficient (Wildman–Crippen LogP) is 3.94. The lowest BCUT2D eigenvalue weighted by molar-refractivity contribution is -0.193. The third-order valence-corrected chi connectivity index (χ3v) is 7.67. The van der Waals surface area contributed by atoms with E-state index in [0.29, 0.717) is 5.46 Å². The number of fused-ring (bicyclic) bond motifs is 1. The summed E-state index contributed by atoms with van der Waals surface area (Å²) in [7, 11) is 1.97. The van der Waals surface area contributed by atoms with Crippen molar-refractivity contribution >= 4 is 23.4 Å². The predicted molar refractivity (Wildman–Crippen MR) is 117 cm³/mol. The molecule has 1 unspecified atom stereocenters. The molecule has 5 nitrogen and oxygen atoms in total. The number of hydrogen-bond donors (Lipinski definition) is 1. The third kappa shape index (κ3) is 3.54. The number of methoxy groups -OCH3 is 1. The van der Waals surface area contributed by atoms with Crippen LogP contribution in [-0.4, -0.2) is 32.7 Å². The fraction of sp³-hybridized carbons (Fsp3) is 0.583. The highest BCUT2D eigenvalue weighted by Crippen LogP contribution is 2.62. The molecular formula is C24H31BO5. The van der Waals surface area contributed by atoms with Crippen molar-refractivity contribution < 1.29 is 24.2 Å². The Morgan fingerprint density at radius 2 is 1.63 bits per heavy atom. The maximum Gasteiger partial charge on any atom is 0.523 e. The molecule has 4 bridgehead atoms. The molecule has 0 amide bonds. The number of hydrogen-bond acceptors (Lipinski definition) is 5. The van der Waals surface area contributed by atoms with E-state index in [1.54, 1.807) is 7.11 Å². The van der Waals surface area contributed by atoms with Crippen molar-refractivity contribution in [1.29, 1.82) is 0 Å². The second-order valence-corrected chi connectivity index (χ2v) is 9.69. The van der Waals surface area contributed by atoms with Crippen LogP contribution in [0.3, 0.4) is 0 Å². The average Bonchev–Trinajstić information content (AvgIpc) is 2.72. The van der Waals surface area contributed by atoms with Crippen molar-refractivity contribution in [1.82, 2.24) is 0 Å². The van der Waals surface area contributed by atoms with Crippen LogP contribution in [0.4, 0.5) is 0 Å². The van der Waals surface area contributed by atoms with E-state index in [4.69, 9.17) is 14.3 Å². The van der Waals surface area contributed by atoms with Crippen molar-refractivity contribution in [3.63, 3.8) is 0 Å². The first-order chi connectivity index (χ1) is 14.5. The summed E-state index contributed by atoms with van der Waals surface area (Å²) in [5.41, 5.74) is 2.20. The van der Waals surface area contributed by atoms with Gasteiger partial charge in [0.15, 0.2) is 6.29 Å². The summed E-state index contributed by atoms with van der Waals surface area (Å²) in [5.74, 6) is 3.49. The van der Waals surface area contributed by atoms with Gasteiger partial charge in [-0.25, -0.2) is 0 Å². The lowest BCUT2D eigenvalue weighted by Gasteiger charge is -2.57. The molecule has 0 radical (unpaired) electrons. The number of rotatable bonds is 7. The van der Waals surface area contributed by atoms with Crippen molar-refractivity contribution in [3.8, 4) is 5.75 Å². The molecule has 0 aromatic heterocycles. The van der Waals surface area contributed by atoms with Crippen LogP contribution < -0.4 is 10.2 Å². The summed E-state index contributed by atoms with van der Waals surface area (Å²) >= 11 is 0. The zero-order valence-electron chi connectivity index (χ0n) is 18.1. The molecule has 6 heteroatoms. The molecular weight excluding hydrogens is 379 g/mol. The maximum atomic E-state index is 10.2. The monoisotopic (exact) mass is 410 g/mol. The zero-order chi connectivity index (χ0) is 20.9. The van der Waals surface area contributed by atoms with E-state index in [1.807, 2.05) is 25.1 Å². The Morgan fingerprint density at radius 1 is 0.967 bits per heavy atom. The van der Waals surface area contributed by atoms with Crippen LogP contribution in [0.2, 0.25) is 0 Å². The minimum atomic E-state index is -1.10. The van der Waals surface area contributed by atoms with Crippen LogP contribution in [0.1, 0.15) is 51.0 Å².